The number of likely N-dealkylation sites (tertiary alicyclic amines) is 1. The highest BCUT2D eigenvalue weighted by atomic mass is 16.5. The molecule has 2 aromatic rings. The van der Waals surface area contributed by atoms with Gasteiger partial charge in [0.15, 0.2) is 11.5 Å². The lowest BCUT2D eigenvalue weighted by atomic mass is 9.76. The highest BCUT2D eigenvalue weighted by Gasteiger charge is 2.67. The van der Waals surface area contributed by atoms with Crippen molar-refractivity contribution in [3.05, 3.63) is 54.1 Å². The lowest BCUT2D eigenvalue weighted by Crippen LogP contribution is -2.41. The van der Waals surface area contributed by atoms with E-state index in [1.807, 2.05) is 43.3 Å². The van der Waals surface area contributed by atoms with Crippen LogP contribution in [0.3, 0.4) is 0 Å². The van der Waals surface area contributed by atoms with Gasteiger partial charge in [0.05, 0.1) is 59.0 Å². The van der Waals surface area contributed by atoms with Crippen molar-refractivity contribution in [2.75, 3.05) is 40.3 Å². The van der Waals surface area contributed by atoms with Gasteiger partial charge < -0.3 is 33.9 Å². The van der Waals surface area contributed by atoms with E-state index in [0.29, 0.717) is 29.5 Å². The molecule has 190 valence electrons. The number of ether oxygens (including phenoxy) is 5. The van der Waals surface area contributed by atoms with Crippen molar-refractivity contribution in [3.8, 4) is 23.0 Å². The Labute approximate surface area is 209 Å². The third-order valence-electron chi connectivity index (χ3n) is 7.43. The number of benzene rings is 2. The van der Waals surface area contributed by atoms with Crippen molar-refractivity contribution in [2.45, 2.75) is 24.7 Å². The highest BCUT2D eigenvalue weighted by Crippen LogP contribution is 2.53. The molecule has 2 saturated heterocycles. The van der Waals surface area contributed by atoms with E-state index >= 15 is 0 Å². The molecule has 0 radical (unpaired) electrons. The number of rotatable bonds is 8. The second kappa shape index (κ2) is 9.05. The minimum absolute atomic E-state index is 0.0878. The van der Waals surface area contributed by atoms with Crippen molar-refractivity contribution in [1.82, 2.24) is 4.90 Å². The van der Waals surface area contributed by atoms with Crippen LogP contribution in [0.4, 0.5) is 5.69 Å². The second-order valence-corrected chi connectivity index (χ2v) is 9.22. The van der Waals surface area contributed by atoms with E-state index in [0.717, 1.165) is 11.3 Å². The third-order valence-corrected chi connectivity index (χ3v) is 7.43. The molecular weight excluding hydrogens is 464 g/mol. The quantitative estimate of drug-likeness (QED) is 0.563. The van der Waals surface area contributed by atoms with Gasteiger partial charge in [-0.05, 0) is 24.6 Å². The summed E-state index contributed by atoms with van der Waals surface area (Å²) in [5.74, 6) is 0.381. The monoisotopic (exact) mass is 494 g/mol. The zero-order valence-corrected chi connectivity index (χ0v) is 20.9. The van der Waals surface area contributed by atoms with Crippen molar-refractivity contribution < 1.29 is 33.3 Å². The van der Waals surface area contributed by atoms with Crippen LogP contribution in [0.25, 0.3) is 0 Å². The largest absolute Gasteiger partial charge is 0.497 e. The number of amides is 2. The number of fused-ring (bicyclic) bond motifs is 1. The molecule has 9 nitrogen and oxygen atoms in total. The predicted octanol–water partition coefficient (Wildman–Crippen LogP) is 3.20. The summed E-state index contributed by atoms with van der Waals surface area (Å²) in [6.07, 6.45) is 3.38. The zero-order chi connectivity index (χ0) is 25.6. The molecule has 1 spiro atoms. The molecule has 2 bridgehead atoms. The van der Waals surface area contributed by atoms with Crippen LogP contribution in [0.15, 0.2) is 48.6 Å². The van der Waals surface area contributed by atoms with Crippen LogP contribution in [0.1, 0.15) is 18.5 Å². The average molecular weight is 495 g/mol. The van der Waals surface area contributed by atoms with Gasteiger partial charge in [0, 0.05) is 17.8 Å². The van der Waals surface area contributed by atoms with Gasteiger partial charge in [-0.25, -0.2) is 0 Å². The summed E-state index contributed by atoms with van der Waals surface area (Å²) in [6.45, 7) is 2.38. The summed E-state index contributed by atoms with van der Waals surface area (Å²) in [7, 11) is 6.15. The maximum atomic E-state index is 13.7. The SMILES string of the molecule is COc1ccc([C@H](C)N2C[C@]34C=C[C@H](O3)[C@@H](C(=O)Nc3cc(OC)c(OC)c(OC)c3)[C@H]4C2=O)cc1. The first-order chi connectivity index (χ1) is 17.4. The van der Waals surface area contributed by atoms with E-state index in [9.17, 15) is 9.59 Å². The molecule has 0 unspecified atom stereocenters. The standard InChI is InChI=1S/C27H30N2O7/c1-15(16-6-8-18(32-2)9-7-16)29-14-27-11-10-19(36-27)22(23(27)26(29)31)25(30)28-17-12-20(33-3)24(35-5)21(13-17)34-4/h6-13,15,19,22-23H,14H2,1-5H3,(H,28,30)/t15-,19-,22+,23-,27-/m0/s1. The Kier molecular flexibility index (Phi) is 6.04. The van der Waals surface area contributed by atoms with Crippen molar-refractivity contribution >= 4 is 17.5 Å². The average Bonchev–Trinajstić information content (AvgIpc) is 3.55. The Hall–Kier alpha value is -3.72. The first-order valence-electron chi connectivity index (χ1n) is 11.8. The summed E-state index contributed by atoms with van der Waals surface area (Å²) < 4.78 is 27.7. The summed E-state index contributed by atoms with van der Waals surface area (Å²) >= 11 is 0. The molecular formula is C27H30N2O7. The molecule has 2 amide bonds. The van der Waals surface area contributed by atoms with Gasteiger partial charge in [0.2, 0.25) is 17.6 Å². The number of carbonyl (C=O) groups excluding carboxylic acids is 2. The normalized spacial score (nSPS) is 26.5. The molecule has 3 aliphatic rings. The molecule has 2 fully saturated rings. The first-order valence-corrected chi connectivity index (χ1v) is 11.8. The van der Waals surface area contributed by atoms with Crippen LogP contribution in [0.5, 0.6) is 23.0 Å². The Balaban J connectivity index is 1.39. The van der Waals surface area contributed by atoms with Crippen molar-refractivity contribution in [2.24, 2.45) is 11.8 Å². The van der Waals surface area contributed by atoms with Crippen LogP contribution in [0.2, 0.25) is 0 Å². The number of nitrogens with zero attached hydrogens (tertiary/aromatic N) is 1. The van der Waals surface area contributed by atoms with Gasteiger partial charge in [0.1, 0.15) is 11.4 Å². The van der Waals surface area contributed by atoms with Crippen LogP contribution >= 0.6 is 0 Å². The van der Waals surface area contributed by atoms with E-state index in [2.05, 4.69) is 5.32 Å². The molecule has 36 heavy (non-hydrogen) atoms. The van der Waals surface area contributed by atoms with Crippen LogP contribution in [0, 0.1) is 11.8 Å². The maximum Gasteiger partial charge on any atom is 0.231 e. The number of hydrogen-bond acceptors (Lipinski definition) is 7. The fourth-order valence-corrected chi connectivity index (χ4v) is 5.60. The highest BCUT2D eigenvalue weighted by molar-refractivity contribution is 5.99. The summed E-state index contributed by atoms with van der Waals surface area (Å²) in [5.41, 5.74) is 0.654. The molecule has 1 N–H and O–H groups in total. The smallest absolute Gasteiger partial charge is 0.231 e. The molecule has 2 aromatic carbocycles. The summed E-state index contributed by atoms with van der Waals surface area (Å²) in [4.78, 5) is 29.1. The van der Waals surface area contributed by atoms with Gasteiger partial charge >= 0.3 is 0 Å². The summed E-state index contributed by atoms with van der Waals surface area (Å²) in [5, 5.41) is 2.93. The molecule has 0 saturated carbocycles. The Morgan fingerprint density at radius 1 is 1.06 bits per heavy atom. The fraction of sp³-hybridized carbons (Fsp3) is 0.407. The first kappa shape index (κ1) is 24.0. The lowest BCUT2D eigenvalue weighted by Gasteiger charge is -2.28. The molecule has 5 atom stereocenters. The number of anilines is 1. The molecule has 0 aliphatic carbocycles. The molecule has 5 rings (SSSR count). The Morgan fingerprint density at radius 3 is 2.31 bits per heavy atom. The molecule has 3 aliphatic heterocycles. The third kappa shape index (κ3) is 3.65. The van der Waals surface area contributed by atoms with E-state index in [1.165, 1.54) is 21.3 Å². The van der Waals surface area contributed by atoms with Gasteiger partial charge in [0.25, 0.3) is 0 Å². The summed E-state index contributed by atoms with van der Waals surface area (Å²) in [6, 6.07) is 10.8. The predicted molar refractivity (Wildman–Crippen MR) is 132 cm³/mol. The fourth-order valence-electron chi connectivity index (χ4n) is 5.60. The molecule has 0 aromatic heterocycles. The van der Waals surface area contributed by atoms with Crippen LogP contribution in [-0.2, 0) is 14.3 Å². The number of hydrogen-bond donors (Lipinski definition) is 1. The molecule has 9 heteroatoms. The van der Waals surface area contributed by atoms with Gasteiger partial charge in [-0.15, -0.1) is 0 Å². The Morgan fingerprint density at radius 2 is 1.72 bits per heavy atom. The van der Waals surface area contributed by atoms with E-state index in [4.69, 9.17) is 23.7 Å². The van der Waals surface area contributed by atoms with Crippen LogP contribution in [-0.4, -0.2) is 63.4 Å². The van der Waals surface area contributed by atoms with Crippen LogP contribution < -0.4 is 24.3 Å². The number of carbonyl (C=O) groups is 2. The number of methoxy groups -OCH3 is 4. The van der Waals surface area contributed by atoms with Gasteiger partial charge in [-0.3, -0.25) is 9.59 Å². The minimum Gasteiger partial charge on any atom is -0.497 e. The lowest BCUT2D eigenvalue weighted by molar-refractivity contribution is -0.137. The zero-order valence-electron chi connectivity index (χ0n) is 20.9. The van der Waals surface area contributed by atoms with E-state index in [-0.39, 0.29) is 17.9 Å². The van der Waals surface area contributed by atoms with Gasteiger partial charge in [-0.1, -0.05) is 24.3 Å². The minimum atomic E-state index is -0.806. The van der Waals surface area contributed by atoms with Crippen molar-refractivity contribution in [1.29, 1.82) is 0 Å². The number of nitrogens with one attached hydrogen (secondary N) is 1. The Bertz CT molecular complexity index is 1190. The molecule has 3 heterocycles. The van der Waals surface area contributed by atoms with E-state index in [1.54, 1.807) is 24.1 Å². The topological polar surface area (TPSA) is 95.6 Å². The maximum absolute atomic E-state index is 13.7. The second-order valence-electron chi connectivity index (χ2n) is 9.22. The van der Waals surface area contributed by atoms with E-state index < -0.39 is 23.5 Å². The van der Waals surface area contributed by atoms with Gasteiger partial charge in [-0.2, -0.15) is 0 Å². The van der Waals surface area contributed by atoms with Crippen molar-refractivity contribution in [3.63, 3.8) is 0 Å².